The van der Waals surface area contributed by atoms with Gasteiger partial charge in [-0.05, 0) is 43.5 Å². The molecule has 114 valence electrons. The van der Waals surface area contributed by atoms with Gasteiger partial charge in [0, 0.05) is 13.2 Å². The van der Waals surface area contributed by atoms with Crippen LogP contribution in [0.2, 0.25) is 0 Å². The first-order valence-electron chi connectivity index (χ1n) is 6.04. The van der Waals surface area contributed by atoms with Crippen molar-refractivity contribution in [1.29, 1.82) is 0 Å². The average Bonchev–Trinajstić information content (AvgIpc) is 2.37. The molecule has 1 atom stereocenters. The molecule has 20 heavy (non-hydrogen) atoms. The zero-order chi connectivity index (χ0) is 15.0. The van der Waals surface area contributed by atoms with Crippen LogP contribution in [0.4, 0.5) is 13.2 Å². The van der Waals surface area contributed by atoms with Crippen molar-refractivity contribution < 1.29 is 27.2 Å². The Kier molecular flexibility index (Phi) is 6.97. The number of hydrogen-bond donors (Lipinski definition) is 2. The quantitative estimate of drug-likeness (QED) is 0.725. The summed E-state index contributed by atoms with van der Waals surface area (Å²) in [6.07, 6.45) is -2.45. The van der Waals surface area contributed by atoms with E-state index in [-0.39, 0.29) is 12.4 Å². The summed E-state index contributed by atoms with van der Waals surface area (Å²) in [4.78, 5) is 0.377. The van der Waals surface area contributed by atoms with Gasteiger partial charge in [-0.15, -0.1) is 13.2 Å². The van der Waals surface area contributed by atoms with E-state index in [2.05, 4.69) is 9.46 Å². The lowest BCUT2D eigenvalue weighted by molar-refractivity contribution is -0.274. The molecule has 0 fully saturated rings. The van der Waals surface area contributed by atoms with E-state index < -0.39 is 17.3 Å². The summed E-state index contributed by atoms with van der Waals surface area (Å²) in [5.41, 5.74) is 0. The Morgan fingerprint density at radius 2 is 1.80 bits per heavy atom. The second-order valence-electron chi connectivity index (χ2n) is 3.97. The third-order valence-corrected chi connectivity index (χ3v) is 3.51. The van der Waals surface area contributed by atoms with Gasteiger partial charge in [-0.25, -0.2) is 8.93 Å². The van der Waals surface area contributed by atoms with Gasteiger partial charge in [0.15, 0.2) is 0 Å². The molecule has 1 aromatic carbocycles. The summed E-state index contributed by atoms with van der Waals surface area (Å²) in [5, 5.41) is 8.59. The largest absolute Gasteiger partial charge is 0.573 e. The zero-order valence-corrected chi connectivity index (χ0v) is 11.5. The number of benzene rings is 1. The van der Waals surface area contributed by atoms with E-state index in [0.29, 0.717) is 17.9 Å². The fourth-order valence-electron chi connectivity index (χ4n) is 1.43. The summed E-state index contributed by atoms with van der Waals surface area (Å²) in [7, 11) is -1.47. The van der Waals surface area contributed by atoms with Gasteiger partial charge in [0.05, 0.1) is 4.90 Å². The number of unbranched alkanes of at least 4 members (excludes halogenated alkanes) is 2. The van der Waals surface area contributed by atoms with Crippen molar-refractivity contribution in [3.8, 4) is 5.75 Å². The van der Waals surface area contributed by atoms with Crippen molar-refractivity contribution in [2.24, 2.45) is 0 Å². The molecule has 0 aliphatic carbocycles. The fourth-order valence-corrected chi connectivity index (χ4v) is 2.31. The molecule has 4 nitrogen and oxygen atoms in total. The summed E-state index contributed by atoms with van der Waals surface area (Å²) in [6, 6.07) is 4.87. The van der Waals surface area contributed by atoms with Crippen LogP contribution in [0.5, 0.6) is 5.75 Å². The molecule has 0 bridgehead atoms. The summed E-state index contributed by atoms with van der Waals surface area (Å²) in [5.74, 6) is -0.346. The van der Waals surface area contributed by atoms with Gasteiger partial charge in [0.2, 0.25) is 0 Å². The SMILES string of the molecule is O=S(NCCCCCO)c1ccc(OC(F)(F)F)cc1. The Morgan fingerprint density at radius 1 is 1.15 bits per heavy atom. The molecule has 0 radical (unpaired) electrons. The molecule has 2 N–H and O–H groups in total. The third kappa shape index (κ3) is 6.88. The molecule has 0 aliphatic rings. The molecular weight excluding hydrogens is 295 g/mol. The topological polar surface area (TPSA) is 58.6 Å². The van der Waals surface area contributed by atoms with Crippen molar-refractivity contribution in [2.75, 3.05) is 13.2 Å². The molecule has 0 saturated carbocycles. The Balaban J connectivity index is 2.41. The Morgan fingerprint density at radius 3 is 2.35 bits per heavy atom. The number of alkyl halides is 3. The average molecular weight is 311 g/mol. The molecule has 1 unspecified atom stereocenters. The van der Waals surface area contributed by atoms with Gasteiger partial charge in [-0.1, -0.05) is 0 Å². The molecule has 0 amide bonds. The number of aliphatic hydroxyl groups is 1. The van der Waals surface area contributed by atoms with E-state index in [1.807, 2.05) is 0 Å². The Labute approximate surface area is 117 Å². The van der Waals surface area contributed by atoms with E-state index in [9.17, 15) is 17.4 Å². The monoisotopic (exact) mass is 311 g/mol. The molecule has 8 heteroatoms. The second-order valence-corrected chi connectivity index (χ2v) is 5.26. The number of nitrogens with one attached hydrogen (secondary N) is 1. The van der Waals surface area contributed by atoms with Crippen LogP contribution < -0.4 is 9.46 Å². The second kappa shape index (κ2) is 8.23. The number of hydrogen-bond acceptors (Lipinski definition) is 3. The minimum Gasteiger partial charge on any atom is -0.406 e. The highest BCUT2D eigenvalue weighted by atomic mass is 32.2. The molecule has 0 heterocycles. The number of halogens is 3. The van der Waals surface area contributed by atoms with Gasteiger partial charge < -0.3 is 9.84 Å². The highest BCUT2D eigenvalue weighted by Crippen LogP contribution is 2.23. The highest BCUT2D eigenvalue weighted by molar-refractivity contribution is 7.83. The molecule has 0 saturated heterocycles. The van der Waals surface area contributed by atoms with Crippen molar-refractivity contribution in [2.45, 2.75) is 30.5 Å². The van der Waals surface area contributed by atoms with E-state index in [4.69, 9.17) is 5.11 Å². The van der Waals surface area contributed by atoms with Gasteiger partial charge in [-0.3, -0.25) is 0 Å². The Bertz CT molecular complexity index is 423. The lowest BCUT2D eigenvalue weighted by Gasteiger charge is -2.09. The molecule has 1 aromatic rings. The van der Waals surface area contributed by atoms with Gasteiger partial charge >= 0.3 is 6.36 Å². The van der Waals surface area contributed by atoms with E-state index in [1.54, 1.807) is 0 Å². The van der Waals surface area contributed by atoms with Crippen LogP contribution in [-0.4, -0.2) is 28.8 Å². The van der Waals surface area contributed by atoms with E-state index >= 15 is 0 Å². The van der Waals surface area contributed by atoms with Crippen molar-refractivity contribution in [1.82, 2.24) is 4.72 Å². The highest BCUT2D eigenvalue weighted by Gasteiger charge is 2.30. The first-order valence-corrected chi connectivity index (χ1v) is 7.19. The molecule has 0 aliphatic heterocycles. The smallest absolute Gasteiger partial charge is 0.406 e. The van der Waals surface area contributed by atoms with Crippen molar-refractivity contribution >= 4 is 11.0 Å². The number of ether oxygens (including phenoxy) is 1. The number of aliphatic hydroxyl groups excluding tert-OH is 1. The maximum absolute atomic E-state index is 12.0. The molecule has 0 spiro atoms. The lowest BCUT2D eigenvalue weighted by Crippen LogP contribution is -2.19. The standard InChI is InChI=1S/C12H16F3NO3S/c13-12(14,15)19-10-4-6-11(7-5-10)20(18)16-8-2-1-3-9-17/h4-7,16-17H,1-3,8-9H2. The van der Waals surface area contributed by atoms with Gasteiger partial charge in [0.25, 0.3) is 0 Å². The van der Waals surface area contributed by atoms with E-state index in [0.717, 1.165) is 25.0 Å². The van der Waals surface area contributed by atoms with Gasteiger partial charge in [0.1, 0.15) is 16.7 Å². The lowest BCUT2D eigenvalue weighted by atomic mass is 10.2. The van der Waals surface area contributed by atoms with Crippen LogP contribution in [0, 0.1) is 0 Å². The first-order chi connectivity index (χ1) is 9.42. The van der Waals surface area contributed by atoms with Crippen LogP contribution in [-0.2, 0) is 11.0 Å². The fraction of sp³-hybridized carbons (Fsp3) is 0.500. The van der Waals surface area contributed by atoms with Crippen molar-refractivity contribution in [3.05, 3.63) is 24.3 Å². The van der Waals surface area contributed by atoms with Crippen LogP contribution in [0.1, 0.15) is 19.3 Å². The summed E-state index contributed by atoms with van der Waals surface area (Å²) in [6.45, 7) is 0.636. The maximum Gasteiger partial charge on any atom is 0.573 e. The number of rotatable bonds is 8. The van der Waals surface area contributed by atoms with E-state index in [1.165, 1.54) is 12.1 Å². The molecule has 1 rings (SSSR count). The van der Waals surface area contributed by atoms with Gasteiger partial charge in [-0.2, -0.15) is 0 Å². The van der Waals surface area contributed by atoms with Crippen LogP contribution in [0.15, 0.2) is 29.2 Å². The summed E-state index contributed by atoms with van der Waals surface area (Å²) < 4.78 is 54.1. The van der Waals surface area contributed by atoms with Crippen molar-refractivity contribution in [3.63, 3.8) is 0 Å². The normalized spacial score (nSPS) is 13.2. The van der Waals surface area contributed by atoms with Crippen LogP contribution >= 0.6 is 0 Å². The van der Waals surface area contributed by atoms with Crippen LogP contribution in [0.3, 0.4) is 0 Å². The van der Waals surface area contributed by atoms with Crippen LogP contribution in [0.25, 0.3) is 0 Å². The summed E-state index contributed by atoms with van der Waals surface area (Å²) >= 11 is 0. The maximum atomic E-state index is 12.0. The first kappa shape index (κ1) is 16.9. The third-order valence-electron chi connectivity index (χ3n) is 2.34. The minimum atomic E-state index is -4.73. The Hall–Kier alpha value is -1.12. The minimum absolute atomic E-state index is 0.129. The predicted octanol–water partition coefficient (Wildman–Crippen LogP) is 2.36. The zero-order valence-electron chi connectivity index (χ0n) is 10.7. The predicted molar refractivity (Wildman–Crippen MR) is 68.5 cm³/mol. The molecular formula is C12H16F3NO3S. The molecule has 0 aromatic heterocycles.